The maximum atomic E-state index is 11.9. The molecule has 0 bridgehead atoms. The van der Waals surface area contributed by atoms with Gasteiger partial charge in [-0.15, -0.1) is 0 Å². The summed E-state index contributed by atoms with van der Waals surface area (Å²) in [4.78, 5) is 34.7. The lowest BCUT2D eigenvalue weighted by atomic mass is 10.1. The fourth-order valence-electron chi connectivity index (χ4n) is 1.45. The van der Waals surface area contributed by atoms with Gasteiger partial charge in [-0.25, -0.2) is 4.79 Å². The van der Waals surface area contributed by atoms with Gasteiger partial charge in [0.1, 0.15) is 6.04 Å². The van der Waals surface area contributed by atoms with Crippen molar-refractivity contribution >= 4 is 17.8 Å². The van der Waals surface area contributed by atoms with E-state index in [0.29, 0.717) is 5.56 Å². The molecule has 1 rings (SSSR count). The van der Waals surface area contributed by atoms with Crippen LogP contribution in [0.3, 0.4) is 0 Å². The number of hydrogen-bond donors (Lipinski definition) is 2. The van der Waals surface area contributed by atoms with E-state index in [9.17, 15) is 14.4 Å². The number of nitrogens with one attached hydrogen (secondary N) is 2. The highest BCUT2D eigenvalue weighted by atomic mass is 16.5. The smallest absolute Gasteiger partial charge is 0.328 e. The zero-order valence-electron chi connectivity index (χ0n) is 10.8. The van der Waals surface area contributed by atoms with Crippen molar-refractivity contribution in [2.24, 2.45) is 0 Å². The van der Waals surface area contributed by atoms with Gasteiger partial charge in [0.05, 0.1) is 13.5 Å². The first-order chi connectivity index (χ1) is 9.08. The molecule has 2 amide bonds. The number of hydrogen-bond acceptors (Lipinski definition) is 4. The van der Waals surface area contributed by atoms with Crippen LogP contribution in [0.4, 0.5) is 0 Å². The maximum absolute atomic E-state index is 11.9. The SMILES string of the molecule is CNC(=O)C[C@H](NC(=O)c1ccccc1)C(=O)OC. The van der Waals surface area contributed by atoms with Crippen LogP contribution in [0, 0.1) is 0 Å². The van der Waals surface area contributed by atoms with Crippen molar-refractivity contribution in [3.8, 4) is 0 Å². The van der Waals surface area contributed by atoms with E-state index in [1.165, 1.54) is 14.2 Å². The Balaban J connectivity index is 2.74. The third-order valence-corrected chi connectivity index (χ3v) is 2.50. The van der Waals surface area contributed by atoms with Gasteiger partial charge < -0.3 is 15.4 Å². The standard InChI is InChI=1S/C13H16N2O4/c1-14-11(16)8-10(13(18)19-2)15-12(17)9-6-4-3-5-7-9/h3-7,10H,8H2,1-2H3,(H,14,16)(H,15,17)/t10-/m0/s1. The molecule has 0 aliphatic heterocycles. The van der Waals surface area contributed by atoms with E-state index in [4.69, 9.17) is 0 Å². The minimum atomic E-state index is -1.00. The van der Waals surface area contributed by atoms with E-state index in [1.54, 1.807) is 30.3 Å². The predicted octanol–water partition coefficient (Wildman–Crippen LogP) is 0.0941. The first-order valence-corrected chi connectivity index (χ1v) is 5.72. The Morgan fingerprint density at radius 1 is 1.21 bits per heavy atom. The summed E-state index contributed by atoms with van der Waals surface area (Å²) in [6, 6.07) is 7.42. The zero-order chi connectivity index (χ0) is 14.3. The molecular formula is C13H16N2O4. The van der Waals surface area contributed by atoms with Gasteiger partial charge in [0, 0.05) is 12.6 Å². The topological polar surface area (TPSA) is 84.5 Å². The second-order valence-electron chi connectivity index (χ2n) is 3.79. The van der Waals surface area contributed by atoms with Crippen LogP contribution in [-0.2, 0) is 14.3 Å². The van der Waals surface area contributed by atoms with E-state index in [1.807, 2.05) is 0 Å². The molecule has 0 heterocycles. The normalized spacial score (nSPS) is 11.3. The van der Waals surface area contributed by atoms with Crippen LogP contribution in [0.15, 0.2) is 30.3 Å². The molecule has 0 spiro atoms. The second kappa shape index (κ2) is 7.15. The third-order valence-electron chi connectivity index (χ3n) is 2.50. The number of methoxy groups -OCH3 is 1. The number of ether oxygens (including phenoxy) is 1. The first kappa shape index (κ1) is 14.7. The first-order valence-electron chi connectivity index (χ1n) is 5.72. The molecule has 102 valence electrons. The Morgan fingerprint density at radius 2 is 1.84 bits per heavy atom. The average molecular weight is 264 g/mol. The van der Waals surface area contributed by atoms with Crippen LogP contribution in [0.2, 0.25) is 0 Å². The van der Waals surface area contributed by atoms with Crippen LogP contribution in [-0.4, -0.2) is 38.0 Å². The number of amides is 2. The van der Waals surface area contributed by atoms with Gasteiger partial charge in [0.25, 0.3) is 5.91 Å². The monoisotopic (exact) mass is 264 g/mol. The highest BCUT2D eigenvalue weighted by Crippen LogP contribution is 2.02. The van der Waals surface area contributed by atoms with E-state index in [0.717, 1.165) is 0 Å². The summed E-state index contributed by atoms with van der Waals surface area (Å²) in [5.74, 6) is -1.45. The molecule has 0 fully saturated rings. The lowest BCUT2D eigenvalue weighted by Crippen LogP contribution is -2.44. The highest BCUT2D eigenvalue weighted by molar-refractivity contribution is 5.97. The van der Waals surface area contributed by atoms with Crippen LogP contribution in [0.25, 0.3) is 0 Å². The van der Waals surface area contributed by atoms with Crippen molar-refractivity contribution in [1.29, 1.82) is 0 Å². The van der Waals surface area contributed by atoms with Gasteiger partial charge in [-0.2, -0.15) is 0 Å². The van der Waals surface area contributed by atoms with E-state index in [2.05, 4.69) is 15.4 Å². The maximum Gasteiger partial charge on any atom is 0.328 e. The summed E-state index contributed by atoms with van der Waals surface area (Å²) >= 11 is 0. The molecule has 0 saturated carbocycles. The van der Waals surface area contributed by atoms with Crippen LogP contribution < -0.4 is 10.6 Å². The lowest BCUT2D eigenvalue weighted by Gasteiger charge is -2.15. The Labute approximate surface area is 111 Å². The predicted molar refractivity (Wildman–Crippen MR) is 68.4 cm³/mol. The molecule has 0 radical (unpaired) electrons. The molecule has 19 heavy (non-hydrogen) atoms. The summed E-state index contributed by atoms with van der Waals surface area (Å²) < 4.78 is 4.56. The Hall–Kier alpha value is -2.37. The average Bonchev–Trinajstić information content (AvgIpc) is 2.46. The molecule has 6 heteroatoms. The molecule has 0 saturated heterocycles. The van der Waals surface area contributed by atoms with Crippen LogP contribution in [0.1, 0.15) is 16.8 Å². The lowest BCUT2D eigenvalue weighted by molar-refractivity contribution is -0.144. The Morgan fingerprint density at radius 3 is 2.37 bits per heavy atom. The van der Waals surface area contributed by atoms with Gasteiger partial charge in [0.2, 0.25) is 5.91 Å². The largest absolute Gasteiger partial charge is 0.467 e. The molecule has 0 aliphatic rings. The van der Waals surface area contributed by atoms with Crippen molar-refractivity contribution in [3.05, 3.63) is 35.9 Å². The fraction of sp³-hybridized carbons (Fsp3) is 0.308. The molecule has 1 atom stereocenters. The summed E-state index contributed by atoms with van der Waals surface area (Å²) in [6.07, 6.45) is -0.165. The molecule has 6 nitrogen and oxygen atoms in total. The van der Waals surface area contributed by atoms with Gasteiger partial charge >= 0.3 is 5.97 Å². The number of carbonyl (C=O) groups is 3. The van der Waals surface area contributed by atoms with Crippen molar-refractivity contribution < 1.29 is 19.1 Å². The van der Waals surface area contributed by atoms with Gasteiger partial charge in [0.15, 0.2) is 0 Å². The number of carbonyl (C=O) groups excluding carboxylic acids is 3. The van der Waals surface area contributed by atoms with E-state index >= 15 is 0 Å². The Kier molecular flexibility index (Phi) is 5.53. The third kappa shape index (κ3) is 4.42. The van der Waals surface area contributed by atoms with Crippen molar-refractivity contribution in [1.82, 2.24) is 10.6 Å². The van der Waals surface area contributed by atoms with Crippen LogP contribution in [0.5, 0.6) is 0 Å². The molecule has 1 aromatic rings. The molecule has 2 N–H and O–H groups in total. The quantitative estimate of drug-likeness (QED) is 0.738. The number of benzene rings is 1. The minimum Gasteiger partial charge on any atom is -0.467 e. The van der Waals surface area contributed by atoms with Crippen molar-refractivity contribution in [3.63, 3.8) is 0 Å². The van der Waals surface area contributed by atoms with E-state index in [-0.39, 0.29) is 12.3 Å². The summed E-state index contributed by atoms with van der Waals surface area (Å²) in [7, 11) is 2.66. The molecule has 0 aromatic heterocycles. The van der Waals surface area contributed by atoms with Crippen molar-refractivity contribution in [2.75, 3.05) is 14.2 Å². The van der Waals surface area contributed by atoms with Gasteiger partial charge in [-0.3, -0.25) is 9.59 Å². The number of esters is 1. The molecule has 0 unspecified atom stereocenters. The fourth-order valence-corrected chi connectivity index (χ4v) is 1.45. The molecule has 1 aromatic carbocycles. The van der Waals surface area contributed by atoms with Gasteiger partial charge in [-0.1, -0.05) is 18.2 Å². The second-order valence-corrected chi connectivity index (χ2v) is 3.79. The van der Waals surface area contributed by atoms with Crippen LogP contribution >= 0.6 is 0 Å². The summed E-state index contributed by atoms with van der Waals surface area (Å²) in [5, 5.41) is 4.86. The minimum absolute atomic E-state index is 0.165. The summed E-state index contributed by atoms with van der Waals surface area (Å²) in [6.45, 7) is 0. The Bertz CT molecular complexity index is 459. The van der Waals surface area contributed by atoms with E-state index < -0.39 is 17.9 Å². The van der Waals surface area contributed by atoms with Crippen molar-refractivity contribution in [2.45, 2.75) is 12.5 Å². The number of rotatable bonds is 5. The zero-order valence-corrected chi connectivity index (χ0v) is 10.8. The molecule has 0 aliphatic carbocycles. The van der Waals surface area contributed by atoms with Gasteiger partial charge in [-0.05, 0) is 12.1 Å². The molecular weight excluding hydrogens is 248 g/mol. The highest BCUT2D eigenvalue weighted by Gasteiger charge is 2.24. The summed E-state index contributed by atoms with van der Waals surface area (Å²) in [5.41, 5.74) is 0.410.